The minimum Gasteiger partial charge on any atom is -0.481 e. The van der Waals surface area contributed by atoms with E-state index in [1.165, 1.54) is 0 Å². The molecule has 0 aliphatic carbocycles. The molecule has 0 radical (unpaired) electrons. The zero-order valence-corrected chi connectivity index (χ0v) is 15.9. The maximum Gasteiger partial charge on any atom is 0.291 e. The van der Waals surface area contributed by atoms with Crippen LogP contribution >= 0.6 is 15.9 Å². The number of benzene rings is 1. The molecule has 0 saturated heterocycles. The third kappa shape index (κ3) is 3.85. The number of rotatable bonds is 5. The van der Waals surface area contributed by atoms with E-state index in [1.807, 2.05) is 24.4 Å². The monoisotopic (exact) mass is 426 g/mol. The molecule has 27 heavy (non-hydrogen) atoms. The van der Waals surface area contributed by atoms with E-state index in [2.05, 4.69) is 31.3 Å². The van der Waals surface area contributed by atoms with Crippen molar-refractivity contribution < 1.29 is 13.9 Å². The Hall–Kier alpha value is -3.13. The van der Waals surface area contributed by atoms with Crippen LogP contribution < -0.4 is 10.1 Å². The number of nitrogens with zero attached hydrogens (tertiary/aromatic N) is 3. The summed E-state index contributed by atoms with van der Waals surface area (Å²) < 4.78 is 13.4. The molecular formula is C19H15BrN4O3. The van der Waals surface area contributed by atoms with Crippen molar-refractivity contribution >= 4 is 38.4 Å². The van der Waals surface area contributed by atoms with Gasteiger partial charge in [-0.1, -0.05) is 0 Å². The van der Waals surface area contributed by atoms with E-state index in [1.54, 1.807) is 42.3 Å². The van der Waals surface area contributed by atoms with E-state index in [9.17, 15) is 4.79 Å². The molecule has 0 atom stereocenters. The average Bonchev–Trinajstić information content (AvgIpc) is 3.30. The number of nitrogens with one attached hydrogen (secondary N) is 1. The molecule has 3 heterocycles. The van der Waals surface area contributed by atoms with Gasteiger partial charge in [0.15, 0.2) is 5.76 Å². The molecule has 0 aliphatic heterocycles. The molecule has 0 spiro atoms. The van der Waals surface area contributed by atoms with Crippen LogP contribution in [0, 0.1) is 0 Å². The molecular weight excluding hydrogens is 412 g/mol. The summed E-state index contributed by atoms with van der Waals surface area (Å²) in [5, 5.41) is 7.91. The Balaban J connectivity index is 1.48. The molecule has 8 heteroatoms. The highest BCUT2D eigenvalue weighted by Gasteiger charge is 2.12. The first kappa shape index (κ1) is 17.3. The van der Waals surface area contributed by atoms with Crippen molar-refractivity contribution in [3.63, 3.8) is 0 Å². The van der Waals surface area contributed by atoms with Gasteiger partial charge in [-0.2, -0.15) is 5.10 Å². The Labute approximate surface area is 163 Å². The molecule has 0 fully saturated rings. The fourth-order valence-corrected chi connectivity index (χ4v) is 2.99. The Morgan fingerprint density at radius 3 is 2.93 bits per heavy atom. The smallest absolute Gasteiger partial charge is 0.291 e. The number of hydrogen-bond acceptors (Lipinski definition) is 5. The molecule has 4 aromatic rings. The van der Waals surface area contributed by atoms with Crippen LogP contribution in [0.4, 0.5) is 5.69 Å². The summed E-state index contributed by atoms with van der Waals surface area (Å²) in [7, 11) is 1.57. The minimum atomic E-state index is -0.316. The van der Waals surface area contributed by atoms with E-state index in [4.69, 9.17) is 9.15 Å². The number of aromatic nitrogens is 3. The number of halogens is 1. The van der Waals surface area contributed by atoms with Crippen molar-refractivity contribution in [1.82, 2.24) is 14.8 Å². The number of amides is 1. The van der Waals surface area contributed by atoms with Crippen molar-refractivity contribution in [1.29, 1.82) is 0 Å². The van der Waals surface area contributed by atoms with Gasteiger partial charge in [0, 0.05) is 23.3 Å². The van der Waals surface area contributed by atoms with E-state index >= 15 is 0 Å². The first-order valence-corrected chi connectivity index (χ1v) is 8.93. The van der Waals surface area contributed by atoms with Crippen LogP contribution in [0.1, 0.15) is 16.3 Å². The van der Waals surface area contributed by atoms with Crippen molar-refractivity contribution in [3.05, 3.63) is 70.9 Å². The fourth-order valence-electron chi connectivity index (χ4n) is 2.66. The molecule has 136 valence electrons. The molecule has 0 saturated carbocycles. The zero-order valence-electron chi connectivity index (χ0n) is 14.3. The zero-order chi connectivity index (χ0) is 18.8. The topological polar surface area (TPSA) is 82.2 Å². The van der Waals surface area contributed by atoms with Crippen LogP contribution in [0.3, 0.4) is 0 Å². The first-order chi connectivity index (χ1) is 13.1. The Morgan fingerprint density at radius 1 is 1.26 bits per heavy atom. The normalized spacial score (nSPS) is 10.9. The minimum absolute atomic E-state index is 0.240. The van der Waals surface area contributed by atoms with Crippen molar-refractivity contribution in [2.75, 3.05) is 12.4 Å². The molecule has 0 aliphatic rings. The number of ether oxygens (including phenoxy) is 1. The maximum atomic E-state index is 12.5. The van der Waals surface area contributed by atoms with Gasteiger partial charge in [0.2, 0.25) is 5.88 Å². The first-order valence-electron chi connectivity index (χ1n) is 8.13. The largest absolute Gasteiger partial charge is 0.481 e. The van der Waals surface area contributed by atoms with Gasteiger partial charge in [-0.05, 0) is 52.3 Å². The lowest BCUT2D eigenvalue weighted by molar-refractivity contribution is 0.0994. The molecule has 1 N–H and O–H groups in total. The number of anilines is 1. The third-order valence-corrected chi connectivity index (χ3v) is 4.35. The molecule has 0 bridgehead atoms. The van der Waals surface area contributed by atoms with Gasteiger partial charge in [-0.3, -0.25) is 9.48 Å². The highest BCUT2D eigenvalue weighted by molar-refractivity contribution is 9.10. The van der Waals surface area contributed by atoms with Crippen LogP contribution in [-0.2, 0) is 6.54 Å². The highest BCUT2D eigenvalue weighted by atomic mass is 79.9. The van der Waals surface area contributed by atoms with Crippen LogP contribution in [0.25, 0.3) is 10.9 Å². The summed E-state index contributed by atoms with van der Waals surface area (Å²) in [5.41, 5.74) is 1.45. The van der Waals surface area contributed by atoms with Gasteiger partial charge in [0.25, 0.3) is 5.91 Å². The van der Waals surface area contributed by atoms with Gasteiger partial charge in [0.05, 0.1) is 29.8 Å². The van der Waals surface area contributed by atoms with Crippen LogP contribution in [0.2, 0.25) is 0 Å². The van der Waals surface area contributed by atoms with E-state index < -0.39 is 0 Å². The Bertz CT molecular complexity index is 1120. The molecule has 3 aromatic heterocycles. The molecule has 1 amide bonds. The highest BCUT2D eigenvalue weighted by Crippen LogP contribution is 2.21. The van der Waals surface area contributed by atoms with Gasteiger partial charge in [-0.15, -0.1) is 0 Å². The number of carbonyl (C=O) groups excluding carboxylic acids is 1. The predicted octanol–water partition coefficient (Wildman–Crippen LogP) is 4.10. The molecule has 1 aromatic carbocycles. The van der Waals surface area contributed by atoms with Crippen LogP contribution in [-0.4, -0.2) is 27.8 Å². The van der Waals surface area contributed by atoms with Crippen molar-refractivity contribution in [2.45, 2.75) is 6.54 Å². The lowest BCUT2D eigenvalue weighted by Crippen LogP contribution is -2.10. The van der Waals surface area contributed by atoms with Gasteiger partial charge in [0.1, 0.15) is 5.76 Å². The maximum absolute atomic E-state index is 12.5. The summed E-state index contributed by atoms with van der Waals surface area (Å²) in [6.45, 7) is 0.447. The Morgan fingerprint density at radius 2 is 2.15 bits per heavy atom. The summed E-state index contributed by atoms with van der Waals surface area (Å²) >= 11 is 3.35. The standard InChI is InChI=1S/C19H15BrN4O3/c1-26-18-7-2-12-8-14(3-5-16(12)23-18)22-19(25)17-6-4-15(27-17)11-24-10-13(20)9-21-24/h2-10H,11H2,1H3,(H,22,25). The quantitative estimate of drug-likeness (QED) is 0.519. The van der Waals surface area contributed by atoms with Crippen molar-refractivity contribution in [3.8, 4) is 5.88 Å². The molecule has 0 unspecified atom stereocenters. The summed E-state index contributed by atoms with van der Waals surface area (Å²) in [6, 6.07) is 12.6. The van der Waals surface area contributed by atoms with Gasteiger partial charge in [-0.25, -0.2) is 4.98 Å². The number of furan rings is 1. The van der Waals surface area contributed by atoms with E-state index in [0.717, 1.165) is 15.4 Å². The van der Waals surface area contributed by atoms with E-state index in [-0.39, 0.29) is 11.7 Å². The number of hydrogen-bond donors (Lipinski definition) is 1. The third-order valence-electron chi connectivity index (χ3n) is 3.94. The van der Waals surface area contributed by atoms with Gasteiger partial charge < -0.3 is 14.5 Å². The Kier molecular flexibility index (Phi) is 4.64. The SMILES string of the molecule is COc1ccc2cc(NC(=O)c3ccc(Cn4cc(Br)cn4)o3)ccc2n1. The second-order valence-corrected chi connectivity index (χ2v) is 6.75. The summed E-state index contributed by atoms with van der Waals surface area (Å²) in [5.74, 6) is 1.12. The predicted molar refractivity (Wildman–Crippen MR) is 104 cm³/mol. The fraction of sp³-hybridized carbons (Fsp3) is 0.105. The number of fused-ring (bicyclic) bond motifs is 1. The molecule has 7 nitrogen and oxygen atoms in total. The summed E-state index contributed by atoms with van der Waals surface area (Å²) in [4.78, 5) is 16.8. The lowest BCUT2D eigenvalue weighted by Gasteiger charge is -2.06. The molecule has 4 rings (SSSR count). The van der Waals surface area contributed by atoms with Crippen LogP contribution in [0.5, 0.6) is 5.88 Å². The second-order valence-electron chi connectivity index (χ2n) is 5.84. The number of pyridine rings is 1. The van der Waals surface area contributed by atoms with Crippen molar-refractivity contribution in [2.24, 2.45) is 0 Å². The summed E-state index contributed by atoms with van der Waals surface area (Å²) in [6.07, 6.45) is 3.53. The number of carbonyl (C=O) groups is 1. The second kappa shape index (κ2) is 7.24. The van der Waals surface area contributed by atoms with Crippen LogP contribution in [0.15, 0.2) is 63.7 Å². The number of methoxy groups -OCH3 is 1. The lowest BCUT2D eigenvalue weighted by atomic mass is 10.2. The van der Waals surface area contributed by atoms with Gasteiger partial charge >= 0.3 is 0 Å². The van der Waals surface area contributed by atoms with E-state index in [0.29, 0.717) is 23.9 Å². The average molecular weight is 427 g/mol.